The number of rotatable bonds is 2. The van der Waals surface area contributed by atoms with Crippen molar-refractivity contribution in [2.45, 2.75) is 32.6 Å². The van der Waals surface area contributed by atoms with Gasteiger partial charge in [0.1, 0.15) is 12.4 Å². The molecule has 0 spiro atoms. The second-order valence-corrected chi connectivity index (χ2v) is 5.26. The van der Waals surface area contributed by atoms with Crippen molar-refractivity contribution in [2.24, 2.45) is 0 Å². The Bertz CT molecular complexity index is 511. The Kier molecular flexibility index (Phi) is 5.13. The lowest BCUT2D eigenvalue weighted by Crippen LogP contribution is -2.44. The fraction of sp³-hybridized carbons (Fsp3) is 0.500. The van der Waals surface area contributed by atoms with Crippen molar-refractivity contribution in [3.8, 4) is 11.8 Å². The highest BCUT2D eigenvalue weighted by Crippen LogP contribution is 2.16. The number of aliphatic hydroxyl groups excluding tert-OH is 1. The maximum absolute atomic E-state index is 13.6. The highest BCUT2D eigenvalue weighted by molar-refractivity contribution is 5.37. The second-order valence-electron chi connectivity index (χ2n) is 5.26. The zero-order chi connectivity index (χ0) is 14.5. The first kappa shape index (κ1) is 15.0. The predicted octanol–water partition coefficient (Wildman–Crippen LogP) is 1.78. The Hall–Kier alpha value is -1.41. The van der Waals surface area contributed by atoms with Crippen molar-refractivity contribution >= 4 is 0 Å². The average molecular weight is 277 g/mol. The van der Waals surface area contributed by atoms with E-state index in [9.17, 15) is 4.39 Å². The van der Waals surface area contributed by atoms with Gasteiger partial charge in [-0.3, -0.25) is 4.90 Å². The summed E-state index contributed by atoms with van der Waals surface area (Å²) < 4.78 is 19.3. The molecule has 0 aliphatic carbocycles. The molecule has 108 valence electrons. The summed E-state index contributed by atoms with van der Waals surface area (Å²) in [5.41, 5.74) is 1.50. The van der Waals surface area contributed by atoms with Gasteiger partial charge in [0.25, 0.3) is 0 Å². The number of ether oxygens (including phenoxy) is 1. The third-order valence-electron chi connectivity index (χ3n) is 3.17. The molecule has 20 heavy (non-hydrogen) atoms. The molecule has 1 aromatic carbocycles. The minimum atomic E-state index is -0.293. The van der Waals surface area contributed by atoms with Crippen molar-refractivity contribution < 1.29 is 14.2 Å². The fourth-order valence-corrected chi connectivity index (χ4v) is 2.63. The van der Waals surface area contributed by atoms with E-state index in [2.05, 4.69) is 16.7 Å². The zero-order valence-electron chi connectivity index (χ0n) is 11.9. The molecule has 0 bridgehead atoms. The lowest BCUT2D eigenvalue weighted by Gasteiger charge is -2.35. The van der Waals surface area contributed by atoms with E-state index in [0.717, 1.165) is 18.7 Å². The van der Waals surface area contributed by atoms with Crippen molar-refractivity contribution in [3.63, 3.8) is 0 Å². The highest BCUT2D eigenvalue weighted by Gasteiger charge is 2.22. The third-order valence-corrected chi connectivity index (χ3v) is 3.17. The Balaban J connectivity index is 2.10. The SMILES string of the molecule is C[C@@H]1CN(Cc2cc(F)cc(C#CCO)c2)C[C@H](C)O1. The lowest BCUT2D eigenvalue weighted by atomic mass is 10.1. The van der Waals surface area contributed by atoms with E-state index in [1.807, 2.05) is 19.9 Å². The van der Waals surface area contributed by atoms with Gasteiger partial charge in [-0.15, -0.1) is 0 Å². The lowest BCUT2D eigenvalue weighted by molar-refractivity contribution is -0.0705. The number of hydrogen-bond donors (Lipinski definition) is 1. The molecule has 1 N–H and O–H groups in total. The Labute approximate surface area is 119 Å². The van der Waals surface area contributed by atoms with Crippen LogP contribution in [0.2, 0.25) is 0 Å². The molecule has 2 rings (SSSR count). The quantitative estimate of drug-likeness (QED) is 0.836. The van der Waals surface area contributed by atoms with E-state index in [0.29, 0.717) is 12.1 Å². The average Bonchev–Trinajstić information content (AvgIpc) is 2.34. The van der Waals surface area contributed by atoms with Gasteiger partial charge in [0.15, 0.2) is 0 Å². The molecule has 4 heteroatoms. The predicted molar refractivity (Wildman–Crippen MR) is 75.6 cm³/mol. The largest absolute Gasteiger partial charge is 0.384 e. The first-order valence-corrected chi connectivity index (χ1v) is 6.84. The molecule has 0 radical (unpaired) electrons. The molecule has 0 amide bonds. The van der Waals surface area contributed by atoms with Gasteiger partial charge >= 0.3 is 0 Å². The molecule has 3 nitrogen and oxygen atoms in total. The van der Waals surface area contributed by atoms with E-state index in [1.165, 1.54) is 12.1 Å². The molecule has 1 aromatic rings. The molecule has 1 heterocycles. The topological polar surface area (TPSA) is 32.7 Å². The summed E-state index contributed by atoms with van der Waals surface area (Å²) in [6.45, 7) is 6.25. The maximum Gasteiger partial charge on any atom is 0.124 e. The number of halogens is 1. The van der Waals surface area contributed by atoms with Crippen LogP contribution in [0.5, 0.6) is 0 Å². The van der Waals surface area contributed by atoms with Crippen LogP contribution in [0.15, 0.2) is 18.2 Å². The second kappa shape index (κ2) is 6.85. The van der Waals surface area contributed by atoms with Gasteiger partial charge in [-0.1, -0.05) is 11.8 Å². The van der Waals surface area contributed by atoms with Crippen LogP contribution in [-0.4, -0.2) is 41.9 Å². The number of nitrogens with zero attached hydrogens (tertiary/aromatic N) is 1. The molecule has 1 aliphatic heterocycles. The molecular formula is C16H20FNO2. The van der Waals surface area contributed by atoms with Gasteiger partial charge in [0, 0.05) is 25.2 Å². The van der Waals surface area contributed by atoms with Crippen LogP contribution in [0.1, 0.15) is 25.0 Å². The maximum atomic E-state index is 13.6. The zero-order valence-corrected chi connectivity index (χ0v) is 11.9. The summed E-state index contributed by atoms with van der Waals surface area (Å²) in [5, 5.41) is 8.70. The summed E-state index contributed by atoms with van der Waals surface area (Å²) >= 11 is 0. The van der Waals surface area contributed by atoms with Gasteiger partial charge < -0.3 is 9.84 Å². The molecule has 0 aromatic heterocycles. The first-order valence-electron chi connectivity index (χ1n) is 6.84. The normalized spacial score (nSPS) is 23.2. The van der Waals surface area contributed by atoms with Crippen LogP contribution in [0, 0.1) is 17.7 Å². The third kappa shape index (κ3) is 4.31. The van der Waals surface area contributed by atoms with Gasteiger partial charge in [0.2, 0.25) is 0 Å². The number of aliphatic hydroxyl groups is 1. The van der Waals surface area contributed by atoms with Gasteiger partial charge in [-0.2, -0.15) is 0 Å². The Morgan fingerprint density at radius 1 is 1.30 bits per heavy atom. The standard InChI is InChI=1S/C16H20FNO2/c1-12-9-18(10-13(2)20-12)11-15-6-14(4-3-5-19)7-16(17)8-15/h6-8,12-13,19H,5,9-11H2,1-2H3/t12-,13+. The summed E-state index contributed by atoms with van der Waals surface area (Å²) in [6, 6.07) is 4.79. The Morgan fingerprint density at radius 2 is 2.00 bits per heavy atom. The van der Waals surface area contributed by atoms with Crippen LogP contribution in [0.4, 0.5) is 4.39 Å². The van der Waals surface area contributed by atoms with E-state index in [4.69, 9.17) is 9.84 Å². The minimum absolute atomic E-state index is 0.195. The van der Waals surface area contributed by atoms with Crippen molar-refractivity contribution in [1.82, 2.24) is 4.90 Å². The number of morpholine rings is 1. The van der Waals surface area contributed by atoms with Crippen LogP contribution in [-0.2, 0) is 11.3 Å². The van der Waals surface area contributed by atoms with Crippen LogP contribution in [0.3, 0.4) is 0 Å². The van der Waals surface area contributed by atoms with Crippen LogP contribution in [0.25, 0.3) is 0 Å². The smallest absolute Gasteiger partial charge is 0.124 e. The minimum Gasteiger partial charge on any atom is -0.384 e. The van der Waals surface area contributed by atoms with Crippen LogP contribution >= 0.6 is 0 Å². The monoisotopic (exact) mass is 277 g/mol. The molecule has 1 aliphatic rings. The molecular weight excluding hydrogens is 257 g/mol. The van der Waals surface area contributed by atoms with Gasteiger partial charge in [0.05, 0.1) is 12.2 Å². The van der Waals surface area contributed by atoms with Gasteiger partial charge in [-0.05, 0) is 37.6 Å². The summed E-state index contributed by atoms with van der Waals surface area (Å²) in [4.78, 5) is 2.26. The van der Waals surface area contributed by atoms with Crippen molar-refractivity contribution in [3.05, 3.63) is 35.1 Å². The Morgan fingerprint density at radius 3 is 2.65 bits per heavy atom. The molecule has 2 atom stereocenters. The molecule has 1 fully saturated rings. The van der Waals surface area contributed by atoms with Crippen LogP contribution < -0.4 is 0 Å². The summed E-state index contributed by atoms with van der Waals surface area (Å²) in [7, 11) is 0. The molecule has 0 unspecified atom stereocenters. The van der Waals surface area contributed by atoms with Gasteiger partial charge in [-0.25, -0.2) is 4.39 Å². The van der Waals surface area contributed by atoms with E-state index in [-0.39, 0.29) is 24.6 Å². The summed E-state index contributed by atoms with van der Waals surface area (Å²) in [6.07, 6.45) is 0.391. The van der Waals surface area contributed by atoms with E-state index < -0.39 is 0 Å². The first-order chi connectivity index (χ1) is 9.56. The number of benzene rings is 1. The summed E-state index contributed by atoms with van der Waals surface area (Å²) in [5.74, 6) is 5.00. The molecule has 1 saturated heterocycles. The van der Waals surface area contributed by atoms with Crippen molar-refractivity contribution in [2.75, 3.05) is 19.7 Å². The van der Waals surface area contributed by atoms with E-state index >= 15 is 0 Å². The number of hydrogen-bond acceptors (Lipinski definition) is 3. The fourth-order valence-electron chi connectivity index (χ4n) is 2.63. The van der Waals surface area contributed by atoms with Crippen molar-refractivity contribution in [1.29, 1.82) is 0 Å². The highest BCUT2D eigenvalue weighted by atomic mass is 19.1. The van der Waals surface area contributed by atoms with E-state index in [1.54, 1.807) is 0 Å². The molecule has 0 saturated carbocycles.